The lowest BCUT2D eigenvalue weighted by atomic mass is 10.5. The Balaban J connectivity index is 2.66. The Morgan fingerprint density at radius 3 is 2.92 bits per heavy atom. The first-order valence-corrected chi connectivity index (χ1v) is 3.73. The molecule has 0 aliphatic heterocycles. The van der Waals surface area contributed by atoms with Gasteiger partial charge < -0.3 is 4.74 Å². The first kappa shape index (κ1) is 8.96. The lowest BCUT2D eigenvalue weighted by molar-refractivity contribution is 0.189. The van der Waals surface area contributed by atoms with E-state index in [-0.39, 0.29) is 0 Å². The highest BCUT2D eigenvalue weighted by atomic mass is 16.5. The predicted molar refractivity (Wildman–Crippen MR) is 47.7 cm³/mol. The first-order chi connectivity index (χ1) is 5.88. The number of methoxy groups -OCH3 is 1. The average molecular weight is 167 g/mol. The van der Waals surface area contributed by atoms with Crippen LogP contribution in [-0.2, 0) is 4.74 Å². The standard InChI is InChI=1S/C8H13N3O/c1-9-11(7-12-2)8-5-3-4-6-10-8/h3-6,9H,7H2,1-2H3. The van der Waals surface area contributed by atoms with Crippen LogP contribution >= 0.6 is 0 Å². The van der Waals surface area contributed by atoms with Crippen molar-refractivity contribution in [3.05, 3.63) is 24.4 Å². The maximum atomic E-state index is 4.97. The Labute approximate surface area is 72.1 Å². The smallest absolute Gasteiger partial charge is 0.144 e. The molecule has 0 bridgehead atoms. The molecule has 1 heterocycles. The molecule has 0 saturated carbocycles. The van der Waals surface area contributed by atoms with Crippen molar-refractivity contribution in [2.45, 2.75) is 0 Å². The molecule has 12 heavy (non-hydrogen) atoms. The molecule has 0 unspecified atom stereocenters. The zero-order valence-corrected chi connectivity index (χ0v) is 7.32. The van der Waals surface area contributed by atoms with E-state index in [4.69, 9.17) is 4.74 Å². The highest BCUT2D eigenvalue weighted by Crippen LogP contribution is 2.04. The number of aromatic nitrogens is 1. The number of hydrogen-bond donors (Lipinski definition) is 1. The molecule has 0 fully saturated rings. The van der Waals surface area contributed by atoms with Gasteiger partial charge in [-0.25, -0.2) is 10.4 Å². The Kier molecular flexibility index (Phi) is 3.50. The summed E-state index contributed by atoms with van der Waals surface area (Å²) in [5, 5.41) is 1.81. The van der Waals surface area contributed by atoms with E-state index < -0.39 is 0 Å². The van der Waals surface area contributed by atoms with Gasteiger partial charge in [-0.05, 0) is 12.1 Å². The maximum Gasteiger partial charge on any atom is 0.144 e. The topological polar surface area (TPSA) is 37.4 Å². The number of rotatable bonds is 4. The van der Waals surface area contributed by atoms with Crippen LogP contribution in [0, 0.1) is 0 Å². The Morgan fingerprint density at radius 1 is 1.58 bits per heavy atom. The summed E-state index contributed by atoms with van der Waals surface area (Å²) >= 11 is 0. The summed E-state index contributed by atoms with van der Waals surface area (Å²) < 4.78 is 4.97. The van der Waals surface area contributed by atoms with Crippen molar-refractivity contribution in [2.75, 3.05) is 25.9 Å². The van der Waals surface area contributed by atoms with Crippen LogP contribution in [0.15, 0.2) is 24.4 Å². The van der Waals surface area contributed by atoms with Gasteiger partial charge in [-0.1, -0.05) is 6.07 Å². The molecule has 0 saturated heterocycles. The zero-order valence-electron chi connectivity index (χ0n) is 7.32. The van der Waals surface area contributed by atoms with Crippen LogP contribution in [0.3, 0.4) is 0 Å². The van der Waals surface area contributed by atoms with Gasteiger partial charge in [0.1, 0.15) is 12.5 Å². The van der Waals surface area contributed by atoms with Gasteiger partial charge in [-0.15, -0.1) is 0 Å². The van der Waals surface area contributed by atoms with Crippen molar-refractivity contribution in [3.63, 3.8) is 0 Å². The Hall–Kier alpha value is -1.13. The van der Waals surface area contributed by atoms with Crippen molar-refractivity contribution >= 4 is 5.82 Å². The molecule has 66 valence electrons. The van der Waals surface area contributed by atoms with Crippen LogP contribution in [0.4, 0.5) is 5.82 Å². The monoisotopic (exact) mass is 167 g/mol. The normalized spacial score (nSPS) is 9.83. The summed E-state index contributed by atoms with van der Waals surface area (Å²) in [7, 11) is 3.47. The highest BCUT2D eigenvalue weighted by molar-refractivity contribution is 5.35. The van der Waals surface area contributed by atoms with E-state index in [9.17, 15) is 0 Å². The van der Waals surface area contributed by atoms with Crippen molar-refractivity contribution in [3.8, 4) is 0 Å². The van der Waals surface area contributed by atoms with Crippen molar-refractivity contribution in [1.29, 1.82) is 0 Å². The SMILES string of the molecule is CNN(COC)c1ccccn1. The van der Waals surface area contributed by atoms with Crippen molar-refractivity contribution in [1.82, 2.24) is 10.4 Å². The minimum Gasteiger partial charge on any atom is -0.363 e. The fourth-order valence-electron chi connectivity index (χ4n) is 0.888. The van der Waals surface area contributed by atoms with Crippen LogP contribution in [-0.4, -0.2) is 25.9 Å². The summed E-state index contributed by atoms with van der Waals surface area (Å²) in [5.41, 5.74) is 2.97. The third-order valence-corrected chi connectivity index (χ3v) is 1.45. The number of hydrazine groups is 1. The van der Waals surface area contributed by atoms with Crippen LogP contribution < -0.4 is 10.4 Å². The van der Waals surface area contributed by atoms with Crippen LogP contribution in [0.25, 0.3) is 0 Å². The molecule has 0 radical (unpaired) electrons. The Morgan fingerprint density at radius 2 is 2.42 bits per heavy atom. The molecular weight excluding hydrogens is 154 g/mol. The minimum absolute atomic E-state index is 0.480. The second kappa shape index (κ2) is 4.69. The minimum atomic E-state index is 0.480. The van der Waals surface area contributed by atoms with Gasteiger partial charge >= 0.3 is 0 Å². The van der Waals surface area contributed by atoms with E-state index >= 15 is 0 Å². The molecule has 0 aromatic carbocycles. The van der Waals surface area contributed by atoms with Crippen LogP contribution in [0.2, 0.25) is 0 Å². The van der Waals surface area contributed by atoms with Crippen molar-refractivity contribution in [2.24, 2.45) is 0 Å². The lowest BCUT2D eigenvalue weighted by Crippen LogP contribution is -2.37. The zero-order chi connectivity index (χ0) is 8.81. The van der Waals surface area contributed by atoms with Gasteiger partial charge in [0.05, 0.1) is 0 Å². The fraction of sp³-hybridized carbons (Fsp3) is 0.375. The van der Waals surface area contributed by atoms with Crippen molar-refractivity contribution < 1.29 is 4.74 Å². The molecule has 1 N–H and O–H groups in total. The highest BCUT2D eigenvalue weighted by Gasteiger charge is 2.01. The predicted octanol–water partition coefficient (Wildman–Crippen LogP) is 0.626. The molecule has 4 heteroatoms. The number of nitrogens with zero attached hydrogens (tertiary/aromatic N) is 2. The van der Waals surface area contributed by atoms with E-state index in [2.05, 4.69) is 10.4 Å². The summed E-state index contributed by atoms with van der Waals surface area (Å²) in [6.45, 7) is 0.480. The molecular formula is C8H13N3O. The number of anilines is 1. The molecule has 0 amide bonds. The van der Waals surface area contributed by atoms with E-state index in [1.54, 1.807) is 18.3 Å². The maximum absolute atomic E-state index is 4.97. The quantitative estimate of drug-likeness (QED) is 0.527. The van der Waals surface area contributed by atoms with Gasteiger partial charge in [0.15, 0.2) is 0 Å². The second-order valence-electron chi connectivity index (χ2n) is 2.26. The number of ether oxygens (including phenoxy) is 1. The van der Waals surface area contributed by atoms with E-state index in [1.807, 2.05) is 25.2 Å². The number of nitrogens with one attached hydrogen (secondary N) is 1. The van der Waals surface area contributed by atoms with Crippen LogP contribution in [0.5, 0.6) is 0 Å². The van der Waals surface area contributed by atoms with E-state index in [0.29, 0.717) is 6.73 Å². The second-order valence-corrected chi connectivity index (χ2v) is 2.26. The molecule has 1 aromatic heterocycles. The number of hydrogen-bond acceptors (Lipinski definition) is 4. The third kappa shape index (κ3) is 2.18. The fourth-order valence-corrected chi connectivity index (χ4v) is 0.888. The van der Waals surface area contributed by atoms with Crippen LogP contribution in [0.1, 0.15) is 0 Å². The first-order valence-electron chi connectivity index (χ1n) is 3.73. The molecule has 1 aromatic rings. The molecule has 1 rings (SSSR count). The molecule has 0 aliphatic rings. The lowest BCUT2D eigenvalue weighted by Gasteiger charge is -2.20. The van der Waals surface area contributed by atoms with Gasteiger partial charge in [0.2, 0.25) is 0 Å². The average Bonchev–Trinajstić information content (AvgIpc) is 2.15. The molecule has 0 spiro atoms. The Bertz CT molecular complexity index is 215. The summed E-state index contributed by atoms with van der Waals surface area (Å²) in [5.74, 6) is 0.849. The third-order valence-electron chi connectivity index (χ3n) is 1.45. The number of pyridine rings is 1. The largest absolute Gasteiger partial charge is 0.363 e. The molecule has 4 nitrogen and oxygen atoms in total. The van der Waals surface area contributed by atoms with E-state index in [0.717, 1.165) is 5.82 Å². The molecule has 0 aliphatic carbocycles. The van der Waals surface area contributed by atoms with Gasteiger partial charge in [0.25, 0.3) is 0 Å². The van der Waals surface area contributed by atoms with Gasteiger partial charge in [-0.2, -0.15) is 0 Å². The summed E-state index contributed by atoms with van der Waals surface area (Å²) in [6.07, 6.45) is 1.75. The van der Waals surface area contributed by atoms with Gasteiger partial charge in [0, 0.05) is 20.4 Å². The summed E-state index contributed by atoms with van der Waals surface area (Å²) in [6, 6.07) is 5.72. The van der Waals surface area contributed by atoms with E-state index in [1.165, 1.54) is 0 Å². The summed E-state index contributed by atoms with van der Waals surface area (Å²) in [4.78, 5) is 4.15. The van der Waals surface area contributed by atoms with Gasteiger partial charge in [-0.3, -0.25) is 5.01 Å². The molecule has 0 atom stereocenters.